The first-order valence-corrected chi connectivity index (χ1v) is 8.05. The minimum absolute atomic E-state index is 0.0619. The Morgan fingerprint density at radius 1 is 1.26 bits per heavy atom. The molecule has 0 spiro atoms. The molecule has 19 heavy (non-hydrogen) atoms. The van der Waals surface area contributed by atoms with Crippen LogP contribution in [0.25, 0.3) is 0 Å². The number of carbonyl (C=O) groups excluding carboxylic acids is 1. The molecular formula is C15H29N3O. The van der Waals surface area contributed by atoms with E-state index in [1.807, 2.05) is 0 Å². The van der Waals surface area contributed by atoms with Crippen molar-refractivity contribution in [3.05, 3.63) is 0 Å². The van der Waals surface area contributed by atoms with Gasteiger partial charge in [-0.2, -0.15) is 0 Å². The van der Waals surface area contributed by atoms with Crippen LogP contribution in [0.2, 0.25) is 0 Å². The molecule has 2 fully saturated rings. The van der Waals surface area contributed by atoms with Gasteiger partial charge < -0.3 is 15.5 Å². The van der Waals surface area contributed by atoms with Gasteiger partial charge in [-0.05, 0) is 45.2 Å². The average molecular weight is 267 g/mol. The minimum Gasteiger partial charge on any atom is -0.352 e. The van der Waals surface area contributed by atoms with Crippen LogP contribution in [0.15, 0.2) is 0 Å². The summed E-state index contributed by atoms with van der Waals surface area (Å²) in [4.78, 5) is 14.7. The summed E-state index contributed by atoms with van der Waals surface area (Å²) in [6.45, 7) is 6.74. The van der Waals surface area contributed by atoms with Gasteiger partial charge in [0.1, 0.15) is 0 Å². The maximum Gasteiger partial charge on any atom is 0.237 e. The summed E-state index contributed by atoms with van der Waals surface area (Å²) in [6, 6.07) is 0.459. The molecule has 2 saturated heterocycles. The Kier molecular flexibility index (Phi) is 6.11. The first kappa shape index (κ1) is 14.8. The van der Waals surface area contributed by atoms with Crippen molar-refractivity contribution < 1.29 is 4.79 Å². The molecule has 0 aromatic rings. The number of amides is 1. The van der Waals surface area contributed by atoms with Crippen LogP contribution in [0.3, 0.4) is 0 Å². The van der Waals surface area contributed by atoms with E-state index in [1.165, 1.54) is 32.2 Å². The van der Waals surface area contributed by atoms with E-state index in [2.05, 4.69) is 22.5 Å². The number of nitrogens with zero attached hydrogens (tertiary/aromatic N) is 1. The van der Waals surface area contributed by atoms with Crippen molar-refractivity contribution in [2.75, 3.05) is 26.2 Å². The maximum atomic E-state index is 12.1. The van der Waals surface area contributed by atoms with E-state index in [-0.39, 0.29) is 11.9 Å². The summed E-state index contributed by atoms with van der Waals surface area (Å²) in [6.07, 6.45) is 8.18. The van der Waals surface area contributed by atoms with E-state index >= 15 is 0 Å². The van der Waals surface area contributed by atoms with Crippen molar-refractivity contribution in [3.8, 4) is 0 Å². The molecule has 1 atom stereocenters. The van der Waals surface area contributed by atoms with Gasteiger partial charge in [0.25, 0.3) is 0 Å². The Morgan fingerprint density at radius 2 is 2.05 bits per heavy atom. The lowest BCUT2D eigenvalue weighted by Gasteiger charge is -2.33. The number of hydrogen-bond donors (Lipinski definition) is 2. The van der Waals surface area contributed by atoms with Crippen molar-refractivity contribution in [3.63, 3.8) is 0 Å². The molecule has 0 radical (unpaired) electrons. The normalized spacial score (nSPS) is 26.3. The second-order valence-electron chi connectivity index (χ2n) is 5.98. The lowest BCUT2D eigenvalue weighted by Crippen LogP contribution is -2.52. The number of rotatable bonds is 5. The molecule has 110 valence electrons. The van der Waals surface area contributed by atoms with E-state index in [4.69, 9.17) is 0 Å². The van der Waals surface area contributed by atoms with Gasteiger partial charge >= 0.3 is 0 Å². The largest absolute Gasteiger partial charge is 0.352 e. The van der Waals surface area contributed by atoms with E-state index < -0.39 is 0 Å². The standard InChI is InChI=1S/C15H29N3O/c1-2-3-10-18-11-7-13(8-12-18)17-15(19)14-6-4-5-9-16-14/h13-14,16H,2-12H2,1H3,(H,17,19). The number of carbonyl (C=O) groups is 1. The molecule has 2 rings (SSSR count). The molecule has 2 N–H and O–H groups in total. The molecule has 2 heterocycles. The summed E-state index contributed by atoms with van der Waals surface area (Å²) in [5, 5.41) is 6.56. The first-order chi connectivity index (χ1) is 9.29. The zero-order valence-electron chi connectivity index (χ0n) is 12.3. The molecular weight excluding hydrogens is 238 g/mol. The molecule has 4 heteroatoms. The fourth-order valence-corrected chi connectivity index (χ4v) is 3.06. The van der Waals surface area contributed by atoms with Crippen LogP contribution >= 0.6 is 0 Å². The predicted molar refractivity (Wildman–Crippen MR) is 78.2 cm³/mol. The van der Waals surface area contributed by atoms with Crippen LogP contribution in [0, 0.1) is 0 Å². The molecule has 0 aromatic heterocycles. The second kappa shape index (κ2) is 7.85. The fourth-order valence-electron chi connectivity index (χ4n) is 3.06. The summed E-state index contributed by atoms with van der Waals surface area (Å²) >= 11 is 0. The van der Waals surface area contributed by atoms with Crippen LogP contribution in [-0.2, 0) is 4.79 Å². The van der Waals surface area contributed by atoms with Crippen LogP contribution in [-0.4, -0.2) is 49.1 Å². The van der Waals surface area contributed by atoms with Crippen molar-refractivity contribution in [2.45, 2.75) is 64.0 Å². The highest BCUT2D eigenvalue weighted by atomic mass is 16.2. The molecule has 0 bridgehead atoms. The van der Waals surface area contributed by atoms with Gasteiger partial charge in [0.05, 0.1) is 6.04 Å². The number of unbranched alkanes of at least 4 members (excludes halogenated alkanes) is 1. The van der Waals surface area contributed by atoms with Crippen molar-refractivity contribution in [2.24, 2.45) is 0 Å². The van der Waals surface area contributed by atoms with Crippen LogP contribution in [0.4, 0.5) is 0 Å². The van der Waals surface area contributed by atoms with E-state index in [0.29, 0.717) is 6.04 Å². The van der Waals surface area contributed by atoms with Gasteiger partial charge in [-0.15, -0.1) is 0 Å². The molecule has 2 aliphatic heterocycles. The topological polar surface area (TPSA) is 44.4 Å². The zero-order chi connectivity index (χ0) is 13.5. The van der Waals surface area contributed by atoms with Crippen molar-refractivity contribution in [1.82, 2.24) is 15.5 Å². The number of hydrogen-bond acceptors (Lipinski definition) is 3. The van der Waals surface area contributed by atoms with Crippen molar-refractivity contribution in [1.29, 1.82) is 0 Å². The quantitative estimate of drug-likeness (QED) is 0.793. The highest BCUT2D eigenvalue weighted by Crippen LogP contribution is 2.13. The second-order valence-corrected chi connectivity index (χ2v) is 5.98. The lowest BCUT2D eigenvalue weighted by molar-refractivity contribution is -0.124. The molecule has 0 aromatic carbocycles. The van der Waals surface area contributed by atoms with Gasteiger partial charge in [0.15, 0.2) is 0 Å². The number of piperidine rings is 2. The average Bonchev–Trinajstić information content (AvgIpc) is 2.47. The SMILES string of the molecule is CCCCN1CCC(NC(=O)C2CCCCN2)CC1. The van der Waals surface area contributed by atoms with Crippen LogP contribution in [0.1, 0.15) is 51.9 Å². The molecule has 1 amide bonds. The van der Waals surface area contributed by atoms with Crippen LogP contribution < -0.4 is 10.6 Å². The third-order valence-electron chi connectivity index (χ3n) is 4.39. The molecule has 4 nitrogen and oxygen atoms in total. The number of likely N-dealkylation sites (tertiary alicyclic amines) is 1. The Morgan fingerprint density at radius 3 is 2.68 bits per heavy atom. The van der Waals surface area contributed by atoms with Crippen LogP contribution in [0.5, 0.6) is 0 Å². The Hall–Kier alpha value is -0.610. The molecule has 1 unspecified atom stereocenters. The molecule has 0 aliphatic carbocycles. The van der Waals surface area contributed by atoms with Gasteiger partial charge in [0, 0.05) is 19.1 Å². The van der Waals surface area contributed by atoms with Gasteiger partial charge in [-0.1, -0.05) is 19.8 Å². The summed E-state index contributed by atoms with van der Waals surface area (Å²) < 4.78 is 0. The third kappa shape index (κ3) is 4.77. The lowest BCUT2D eigenvalue weighted by atomic mass is 10.0. The summed E-state index contributed by atoms with van der Waals surface area (Å²) in [7, 11) is 0. The molecule has 0 saturated carbocycles. The highest BCUT2D eigenvalue weighted by molar-refractivity contribution is 5.82. The summed E-state index contributed by atoms with van der Waals surface area (Å²) in [5.74, 6) is 0.228. The van der Waals surface area contributed by atoms with E-state index in [9.17, 15) is 4.79 Å². The smallest absolute Gasteiger partial charge is 0.237 e. The minimum atomic E-state index is 0.0619. The third-order valence-corrected chi connectivity index (χ3v) is 4.39. The fraction of sp³-hybridized carbons (Fsp3) is 0.933. The zero-order valence-corrected chi connectivity index (χ0v) is 12.3. The van der Waals surface area contributed by atoms with E-state index in [1.54, 1.807) is 0 Å². The Bertz CT molecular complexity index is 269. The number of nitrogens with one attached hydrogen (secondary N) is 2. The predicted octanol–water partition coefficient (Wildman–Crippen LogP) is 1.51. The Balaban J connectivity index is 1.65. The van der Waals surface area contributed by atoms with Gasteiger partial charge in [-0.3, -0.25) is 4.79 Å². The van der Waals surface area contributed by atoms with Crippen molar-refractivity contribution >= 4 is 5.91 Å². The van der Waals surface area contributed by atoms with Gasteiger partial charge in [-0.25, -0.2) is 0 Å². The maximum absolute atomic E-state index is 12.1. The van der Waals surface area contributed by atoms with E-state index in [0.717, 1.165) is 38.9 Å². The monoisotopic (exact) mass is 267 g/mol. The Labute approximate surface area is 117 Å². The molecule has 2 aliphatic rings. The first-order valence-electron chi connectivity index (χ1n) is 8.05. The summed E-state index contributed by atoms with van der Waals surface area (Å²) in [5.41, 5.74) is 0. The highest BCUT2D eigenvalue weighted by Gasteiger charge is 2.25. The van der Waals surface area contributed by atoms with Gasteiger partial charge in [0.2, 0.25) is 5.91 Å².